The Morgan fingerprint density at radius 1 is 1.19 bits per heavy atom. The maximum atomic E-state index is 11.9. The molecule has 0 aromatic heterocycles. The summed E-state index contributed by atoms with van der Waals surface area (Å²) in [5.41, 5.74) is 6.81. The summed E-state index contributed by atoms with van der Waals surface area (Å²) in [6, 6.07) is 6.67. The topological polar surface area (TPSA) is 92.4 Å². The van der Waals surface area contributed by atoms with Gasteiger partial charge in [0.2, 0.25) is 5.91 Å². The molecule has 0 saturated heterocycles. The van der Waals surface area contributed by atoms with E-state index in [9.17, 15) is 9.59 Å². The first-order valence-corrected chi connectivity index (χ1v) is 7.25. The number of amides is 1. The first-order valence-electron chi connectivity index (χ1n) is 7.25. The maximum Gasteiger partial charge on any atom is 0.335 e. The number of carboxylic acids is 1. The number of carboxylic acid groups (broad SMARTS) is 1. The molecule has 0 aliphatic heterocycles. The van der Waals surface area contributed by atoms with Crippen LogP contribution in [0.1, 0.15) is 49.0 Å². The van der Waals surface area contributed by atoms with E-state index in [1.807, 2.05) is 13.8 Å². The van der Waals surface area contributed by atoms with E-state index in [1.54, 1.807) is 12.1 Å². The molecule has 116 valence electrons. The number of benzene rings is 1. The van der Waals surface area contributed by atoms with Crippen LogP contribution in [0.3, 0.4) is 0 Å². The quantitative estimate of drug-likeness (QED) is 0.684. The van der Waals surface area contributed by atoms with Crippen molar-refractivity contribution in [3.05, 3.63) is 35.4 Å². The Labute approximate surface area is 125 Å². The van der Waals surface area contributed by atoms with E-state index in [-0.39, 0.29) is 23.4 Å². The number of rotatable bonds is 8. The zero-order chi connectivity index (χ0) is 15.8. The number of nitrogens with one attached hydrogen (secondary N) is 1. The van der Waals surface area contributed by atoms with E-state index < -0.39 is 5.97 Å². The van der Waals surface area contributed by atoms with Crippen LogP contribution in [0, 0.1) is 5.92 Å². The molecular formula is C16H24N2O3. The van der Waals surface area contributed by atoms with E-state index >= 15 is 0 Å². The Hall–Kier alpha value is -1.88. The van der Waals surface area contributed by atoms with Gasteiger partial charge < -0.3 is 16.2 Å². The Kier molecular flexibility index (Phi) is 6.88. The van der Waals surface area contributed by atoms with E-state index in [2.05, 4.69) is 5.32 Å². The molecule has 0 saturated carbocycles. The highest BCUT2D eigenvalue weighted by molar-refractivity contribution is 5.87. The van der Waals surface area contributed by atoms with Gasteiger partial charge in [0.05, 0.1) is 5.56 Å². The molecule has 1 aromatic carbocycles. The van der Waals surface area contributed by atoms with Gasteiger partial charge in [0.15, 0.2) is 0 Å². The molecule has 5 nitrogen and oxygen atoms in total. The molecule has 0 spiro atoms. The van der Waals surface area contributed by atoms with E-state index in [4.69, 9.17) is 10.8 Å². The van der Waals surface area contributed by atoms with Crippen molar-refractivity contribution < 1.29 is 14.7 Å². The van der Waals surface area contributed by atoms with E-state index in [0.29, 0.717) is 6.54 Å². The maximum absolute atomic E-state index is 11.9. The predicted octanol–water partition coefficient (Wildman–Crippen LogP) is 2.15. The van der Waals surface area contributed by atoms with Crippen LogP contribution in [0.2, 0.25) is 0 Å². The van der Waals surface area contributed by atoms with E-state index in [0.717, 1.165) is 24.8 Å². The Balaban J connectivity index is 2.36. The zero-order valence-corrected chi connectivity index (χ0v) is 12.6. The highest BCUT2D eigenvalue weighted by Gasteiger charge is 2.12. The van der Waals surface area contributed by atoms with Crippen molar-refractivity contribution >= 4 is 11.9 Å². The van der Waals surface area contributed by atoms with Crippen molar-refractivity contribution in [3.8, 4) is 0 Å². The summed E-state index contributed by atoms with van der Waals surface area (Å²) >= 11 is 0. The van der Waals surface area contributed by atoms with Gasteiger partial charge in [0.1, 0.15) is 0 Å². The summed E-state index contributed by atoms with van der Waals surface area (Å²) in [6.07, 6.45) is 2.69. The summed E-state index contributed by atoms with van der Waals surface area (Å²) in [5, 5.41) is 11.7. The fourth-order valence-electron chi connectivity index (χ4n) is 2.01. The van der Waals surface area contributed by atoms with Gasteiger partial charge >= 0.3 is 5.97 Å². The zero-order valence-electron chi connectivity index (χ0n) is 12.6. The average molecular weight is 292 g/mol. The number of hydrogen-bond donors (Lipinski definition) is 3. The van der Waals surface area contributed by atoms with E-state index in [1.165, 1.54) is 12.1 Å². The molecule has 5 heteroatoms. The van der Waals surface area contributed by atoms with Gasteiger partial charge in [-0.15, -0.1) is 0 Å². The summed E-state index contributed by atoms with van der Waals surface area (Å²) in [4.78, 5) is 22.7. The molecule has 2 unspecified atom stereocenters. The molecule has 0 aliphatic rings. The summed E-state index contributed by atoms with van der Waals surface area (Å²) in [6.45, 7) is 4.28. The summed E-state index contributed by atoms with van der Waals surface area (Å²) < 4.78 is 0. The predicted molar refractivity (Wildman–Crippen MR) is 81.9 cm³/mol. The molecule has 1 rings (SSSR count). The normalized spacial score (nSPS) is 13.5. The number of aromatic carboxylic acids is 1. The van der Waals surface area contributed by atoms with Gasteiger partial charge in [-0.3, -0.25) is 4.79 Å². The van der Waals surface area contributed by atoms with Crippen LogP contribution < -0.4 is 11.1 Å². The van der Waals surface area contributed by atoms with Gasteiger partial charge in [0, 0.05) is 18.5 Å². The van der Waals surface area contributed by atoms with Crippen LogP contribution >= 0.6 is 0 Å². The van der Waals surface area contributed by atoms with Crippen LogP contribution in [0.15, 0.2) is 24.3 Å². The second-order valence-electron chi connectivity index (χ2n) is 5.53. The molecule has 21 heavy (non-hydrogen) atoms. The van der Waals surface area contributed by atoms with Crippen LogP contribution in [0.4, 0.5) is 0 Å². The van der Waals surface area contributed by atoms with Crippen molar-refractivity contribution in [2.45, 2.75) is 45.7 Å². The first-order chi connectivity index (χ1) is 9.90. The number of carbonyl (C=O) groups is 2. The first kappa shape index (κ1) is 17.2. The second-order valence-corrected chi connectivity index (χ2v) is 5.53. The second kappa shape index (κ2) is 8.42. The lowest BCUT2D eigenvalue weighted by Crippen LogP contribution is -2.29. The molecule has 0 radical (unpaired) electrons. The summed E-state index contributed by atoms with van der Waals surface area (Å²) in [7, 11) is 0. The lowest BCUT2D eigenvalue weighted by molar-refractivity contribution is -0.124. The minimum absolute atomic E-state index is 0.0157. The minimum Gasteiger partial charge on any atom is -0.478 e. The molecule has 2 atom stereocenters. The van der Waals surface area contributed by atoms with Crippen LogP contribution in [-0.4, -0.2) is 23.0 Å². The molecule has 0 heterocycles. The SMILES string of the molecule is CC(N)CCCC(C)C(=O)NCc1ccc(C(=O)O)cc1. The molecule has 1 amide bonds. The molecule has 1 aromatic rings. The number of hydrogen-bond acceptors (Lipinski definition) is 3. The highest BCUT2D eigenvalue weighted by Crippen LogP contribution is 2.10. The molecular weight excluding hydrogens is 268 g/mol. The van der Waals surface area contributed by atoms with Gasteiger partial charge in [-0.05, 0) is 37.5 Å². The third-order valence-corrected chi connectivity index (χ3v) is 3.41. The fraction of sp³-hybridized carbons (Fsp3) is 0.500. The van der Waals surface area contributed by atoms with Gasteiger partial charge in [-0.1, -0.05) is 25.5 Å². The third-order valence-electron chi connectivity index (χ3n) is 3.41. The molecule has 0 aliphatic carbocycles. The van der Waals surface area contributed by atoms with Crippen LogP contribution in [0.25, 0.3) is 0 Å². The number of nitrogens with two attached hydrogens (primary N) is 1. The molecule has 0 bridgehead atoms. The van der Waals surface area contributed by atoms with Crippen LogP contribution in [-0.2, 0) is 11.3 Å². The lowest BCUT2D eigenvalue weighted by atomic mass is 10.0. The molecule has 4 N–H and O–H groups in total. The average Bonchev–Trinajstić information content (AvgIpc) is 2.44. The summed E-state index contributed by atoms with van der Waals surface area (Å²) in [5.74, 6) is -0.975. The fourth-order valence-corrected chi connectivity index (χ4v) is 2.01. The monoisotopic (exact) mass is 292 g/mol. The largest absolute Gasteiger partial charge is 0.478 e. The van der Waals surface area contributed by atoms with Crippen molar-refractivity contribution in [1.29, 1.82) is 0 Å². The third kappa shape index (κ3) is 6.40. The Morgan fingerprint density at radius 3 is 2.33 bits per heavy atom. The van der Waals surface area contributed by atoms with Gasteiger partial charge in [-0.2, -0.15) is 0 Å². The standard InChI is InChI=1S/C16H24N2O3/c1-11(4-3-5-12(2)17)15(19)18-10-13-6-8-14(9-7-13)16(20)21/h6-9,11-12H,3-5,10,17H2,1-2H3,(H,18,19)(H,20,21). The smallest absolute Gasteiger partial charge is 0.335 e. The number of carbonyl (C=O) groups excluding carboxylic acids is 1. The van der Waals surface area contributed by atoms with Crippen LogP contribution in [0.5, 0.6) is 0 Å². The Morgan fingerprint density at radius 2 is 1.81 bits per heavy atom. The van der Waals surface area contributed by atoms with Gasteiger partial charge in [0.25, 0.3) is 0 Å². The van der Waals surface area contributed by atoms with Crippen molar-refractivity contribution in [3.63, 3.8) is 0 Å². The van der Waals surface area contributed by atoms with Crippen molar-refractivity contribution in [2.75, 3.05) is 0 Å². The Bertz CT molecular complexity index is 469. The minimum atomic E-state index is -0.951. The van der Waals surface area contributed by atoms with Crippen molar-refractivity contribution in [1.82, 2.24) is 5.32 Å². The lowest BCUT2D eigenvalue weighted by Gasteiger charge is -2.13. The molecule has 0 fully saturated rings. The highest BCUT2D eigenvalue weighted by atomic mass is 16.4. The van der Waals surface area contributed by atoms with Crippen molar-refractivity contribution in [2.24, 2.45) is 11.7 Å². The van der Waals surface area contributed by atoms with Gasteiger partial charge in [-0.25, -0.2) is 4.79 Å².